The van der Waals surface area contributed by atoms with Gasteiger partial charge in [-0.15, -0.1) is 0 Å². The summed E-state index contributed by atoms with van der Waals surface area (Å²) >= 11 is 0. The van der Waals surface area contributed by atoms with Gasteiger partial charge in [-0.3, -0.25) is 9.59 Å². The first-order chi connectivity index (χ1) is 10.3. The van der Waals surface area contributed by atoms with Crippen LogP contribution in [0.3, 0.4) is 0 Å². The average Bonchev–Trinajstić information content (AvgIpc) is 3.13. The summed E-state index contributed by atoms with van der Waals surface area (Å²) < 4.78 is 0. The van der Waals surface area contributed by atoms with Gasteiger partial charge in [0.25, 0.3) is 0 Å². The first-order valence-electron chi connectivity index (χ1n) is 8.01. The molecule has 1 aliphatic heterocycles. The van der Waals surface area contributed by atoms with Gasteiger partial charge in [0, 0.05) is 17.3 Å². The lowest BCUT2D eigenvalue weighted by Gasteiger charge is -2.23. The number of amides is 2. The molecule has 22 heavy (non-hydrogen) atoms. The fourth-order valence-corrected chi connectivity index (χ4v) is 3.30. The monoisotopic (exact) mass is 300 g/mol. The number of para-hydroxylation sites is 1. The number of nitrogens with zero attached hydrogens (tertiary/aromatic N) is 1. The zero-order chi connectivity index (χ0) is 16.1. The van der Waals surface area contributed by atoms with E-state index in [1.54, 1.807) is 0 Å². The zero-order valence-corrected chi connectivity index (χ0v) is 13.7. The Morgan fingerprint density at radius 2 is 1.86 bits per heavy atom. The van der Waals surface area contributed by atoms with Crippen molar-refractivity contribution in [3.8, 4) is 0 Å². The van der Waals surface area contributed by atoms with Crippen LogP contribution in [0.15, 0.2) is 24.3 Å². The lowest BCUT2D eigenvalue weighted by Crippen LogP contribution is -2.43. The Morgan fingerprint density at radius 1 is 1.18 bits per heavy atom. The summed E-state index contributed by atoms with van der Waals surface area (Å²) in [6.07, 6.45) is 1.57. The minimum absolute atomic E-state index is 0.00554. The summed E-state index contributed by atoms with van der Waals surface area (Å²) in [5.41, 5.74) is 1.99. The van der Waals surface area contributed by atoms with Crippen molar-refractivity contribution in [3.05, 3.63) is 29.8 Å². The number of carbonyl (C=O) groups excluding carboxylic acids is 2. The third-order valence-electron chi connectivity index (χ3n) is 4.39. The molecule has 1 aliphatic carbocycles. The second-order valence-corrected chi connectivity index (χ2v) is 7.58. The van der Waals surface area contributed by atoms with Gasteiger partial charge in [0.05, 0.1) is 11.8 Å². The van der Waals surface area contributed by atoms with E-state index < -0.39 is 0 Å². The van der Waals surface area contributed by atoms with Crippen molar-refractivity contribution < 1.29 is 9.59 Å². The molecule has 4 nitrogen and oxygen atoms in total. The molecule has 2 aliphatic rings. The lowest BCUT2D eigenvalue weighted by atomic mass is 10.1. The van der Waals surface area contributed by atoms with Gasteiger partial charge in [-0.25, -0.2) is 0 Å². The molecule has 3 rings (SSSR count). The van der Waals surface area contributed by atoms with Gasteiger partial charge in [-0.2, -0.15) is 0 Å². The molecule has 0 spiro atoms. The van der Waals surface area contributed by atoms with Gasteiger partial charge >= 0.3 is 0 Å². The van der Waals surface area contributed by atoms with Gasteiger partial charge in [0.15, 0.2) is 0 Å². The second-order valence-electron chi connectivity index (χ2n) is 7.58. The predicted molar refractivity (Wildman–Crippen MR) is 86.6 cm³/mol. The number of nitrogens with one attached hydrogen (secondary N) is 1. The molecular weight excluding hydrogens is 276 g/mol. The molecule has 0 saturated heterocycles. The molecular formula is C18H24N2O2. The Bertz CT molecular complexity index is 618. The fraction of sp³-hybridized carbons (Fsp3) is 0.556. The Morgan fingerprint density at radius 3 is 2.55 bits per heavy atom. The first-order valence-corrected chi connectivity index (χ1v) is 8.01. The quantitative estimate of drug-likeness (QED) is 0.912. The van der Waals surface area contributed by atoms with Crippen molar-refractivity contribution in [1.82, 2.24) is 5.32 Å². The van der Waals surface area contributed by atoms with E-state index in [9.17, 15) is 9.59 Å². The number of fused-ring (bicyclic) bond motifs is 1. The summed E-state index contributed by atoms with van der Waals surface area (Å²) in [5, 5.41) is 2.98. The number of hydrogen-bond donors (Lipinski definition) is 1. The van der Waals surface area contributed by atoms with Crippen LogP contribution in [-0.2, 0) is 16.0 Å². The second kappa shape index (κ2) is 5.11. The Labute approximate surface area is 131 Å². The van der Waals surface area contributed by atoms with Crippen LogP contribution < -0.4 is 10.2 Å². The van der Waals surface area contributed by atoms with Crippen molar-refractivity contribution in [2.75, 3.05) is 4.90 Å². The van der Waals surface area contributed by atoms with Gasteiger partial charge in [0.2, 0.25) is 11.8 Å². The smallest absolute Gasteiger partial charge is 0.231 e. The maximum atomic E-state index is 12.8. The third-order valence-corrected chi connectivity index (χ3v) is 4.39. The number of carbonyl (C=O) groups is 2. The molecule has 3 unspecified atom stereocenters. The molecule has 1 aromatic carbocycles. The SMILES string of the molecule is CC1Cc2ccccc2N1C(=O)C1CC1C(=O)NC(C)(C)C. The van der Waals surface area contributed by atoms with Crippen molar-refractivity contribution in [3.63, 3.8) is 0 Å². The van der Waals surface area contributed by atoms with Crippen LogP contribution in [0.25, 0.3) is 0 Å². The molecule has 1 aromatic rings. The summed E-state index contributed by atoms with van der Waals surface area (Å²) in [5.74, 6) is -0.208. The minimum Gasteiger partial charge on any atom is -0.351 e. The maximum absolute atomic E-state index is 12.8. The van der Waals surface area contributed by atoms with Crippen molar-refractivity contribution in [2.45, 2.75) is 52.1 Å². The zero-order valence-electron chi connectivity index (χ0n) is 13.7. The lowest BCUT2D eigenvalue weighted by molar-refractivity contribution is -0.127. The van der Waals surface area contributed by atoms with E-state index in [1.807, 2.05) is 43.9 Å². The van der Waals surface area contributed by atoms with E-state index in [-0.39, 0.29) is 35.2 Å². The molecule has 0 aromatic heterocycles. The largest absolute Gasteiger partial charge is 0.351 e. The highest BCUT2D eigenvalue weighted by molar-refractivity contribution is 6.02. The van der Waals surface area contributed by atoms with Crippen LogP contribution in [0, 0.1) is 11.8 Å². The highest BCUT2D eigenvalue weighted by atomic mass is 16.2. The van der Waals surface area contributed by atoms with Crippen molar-refractivity contribution in [1.29, 1.82) is 0 Å². The van der Waals surface area contributed by atoms with E-state index in [2.05, 4.69) is 18.3 Å². The first kappa shape index (κ1) is 15.1. The van der Waals surface area contributed by atoms with Crippen LogP contribution in [0.4, 0.5) is 5.69 Å². The minimum atomic E-state index is -0.249. The average molecular weight is 300 g/mol. The molecule has 118 valence electrons. The summed E-state index contributed by atoms with van der Waals surface area (Å²) in [7, 11) is 0. The molecule has 1 heterocycles. The van der Waals surface area contributed by atoms with E-state index in [4.69, 9.17) is 0 Å². The van der Waals surface area contributed by atoms with Crippen LogP contribution in [0.1, 0.15) is 39.7 Å². The molecule has 1 fully saturated rings. The molecule has 0 radical (unpaired) electrons. The molecule has 0 bridgehead atoms. The summed E-state index contributed by atoms with van der Waals surface area (Å²) in [6, 6.07) is 8.24. The van der Waals surface area contributed by atoms with E-state index in [0.717, 1.165) is 12.1 Å². The van der Waals surface area contributed by atoms with Crippen LogP contribution in [-0.4, -0.2) is 23.4 Å². The van der Waals surface area contributed by atoms with E-state index in [1.165, 1.54) is 5.56 Å². The molecule has 4 heteroatoms. The van der Waals surface area contributed by atoms with Crippen LogP contribution in [0.5, 0.6) is 0 Å². The van der Waals surface area contributed by atoms with Gasteiger partial charge in [-0.1, -0.05) is 18.2 Å². The fourth-order valence-electron chi connectivity index (χ4n) is 3.30. The van der Waals surface area contributed by atoms with Gasteiger partial charge in [0.1, 0.15) is 0 Å². The molecule has 1 N–H and O–H groups in total. The molecule has 3 atom stereocenters. The van der Waals surface area contributed by atoms with Gasteiger partial charge < -0.3 is 10.2 Å². The number of benzene rings is 1. The van der Waals surface area contributed by atoms with E-state index in [0.29, 0.717) is 6.42 Å². The number of anilines is 1. The molecule has 2 amide bonds. The summed E-state index contributed by atoms with van der Waals surface area (Å²) in [6.45, 7) is 7.96. The number of rotatable bonds is 2. The Kier molecular flexibility index (Phi) is 3.50. The predicted octanol–water partition coefficient (Wildman–Crippen LogP) is 2.52. The third kappa shape index (κ3) is 2.74. The standard InChI is InChI=1S/C18H24N2O2/c1-11-9-12-7-5-6-8-15(12)20(11)17(22)14-10-13(14)16(21)19-18(2,3)4/h5-8,11,13-14H,9-10H2,1-4H3,(H,19,21). The Balaban J connectivity index is 1.70. The molecule has 1 saturated carbocycles. The van der Waals surface area contributed by atoms with Crippen molar-refractivity contribution >= 4 is 17.5 Å². The highest BCUT2D eigenvalue weighted by Gasteiger charge is 2.51. The van der Waals surface area contributed by atoms with Gasteiger partial charge in [-0.05, 0) is 52.2 Å². The van der Waals surface area contributed by atoms with E-state index >= 15 is 0 Å². The topological polar surface area (TPSA) is 49.4 Å². The Hall–Kier alpha value is -1.84. The number of hydrogen-bond acceptors (Lipinski definition) is 2. The van der Waals surface area contributed by atoms with Crippen molar-refractivity contribution in [2.24, 2.45) is 11.8 Å². The summed E-state index contributed by atoms with van der Waals surface area (Å²) in [4.78, 5) is 26.9. The maximum Gasteiger partial charge on any atom is 0.231 e. The van der Waals surface area contributed by atoms with Crippen LogP contribution >= 0.6 is 0 Å². The van der Waals surface area contributed by atoms with Crippen LogP contribution in [0.2, 0.25) is 0 Å². The normalized spacial score (nSPS) is 26.5. The highest BCUT2D eigenvalue weighted by Crippen LogP contribution is 2.43.